The number of carbonyl (C=O) groups is 2. The molecule has 0 aromatic heterocycles. The Bertz CT molecular complexity index is 566. The van der Waals surface area contributed by atoms with Crippen LogP contribution >= 0.6 is 0 Å². The highest BCUT2D eigenvalue weighted by molar-refractivity contribution is 5.98. The number of rotatable bonds is 3. The first kappa shape index (κ1) is 15.0. The van der Waals surface area contributed by atoms with E-state index in [9.17, 15) is 14.9 Å². The third-order valence-electron chi connectivity index (χ3n) is 3.99. The molecule has 110 valence electrons. The van der Waals surface area contributed by atoms with E-state index in [4.69, 9.17) is 0 Å². The second-order valence-corrected chi connectivity index (χ2v) is 5.37. The van der Waals surface area contributed by atoms with Crippen molar-refractivity contribution in [2.75, 3.05) is 12.4 Å². The fraction of sp³-hybridized carbons (Fsp3) is 0.438. The molecule has 21 heavy (non-hydrogen) atoms. The summed E-state index contributed by atoms with van der Waals surface area (Å²) >= 11 is 0. The zero-order valence-corrected chi connectivity index (χ0v) is 12.1. The van der Waals surface area contributed by atoms with Gasteiger partial charge in [0.1, 0.15) is 5.41 Å². The monoisotopic (exact) mass is 285 g/mol. The van der Waals surface area contributed by atoms with Crippen LogP contribution in [-0.2, 0) is 4.79 Å². The van der Waals surface area contributed by atoms with E-state index >= 15 is 0 Å². The second kappa shape index (κ2) is 6.40. The molecule has 1 aliphatic rings. The average Bonchev–Trinajstić information content (AvgIpc) is 2.55. The molecule has 5 heteroatoms. The Morgan fingerprint density at radius 2 is 1.76 bits per heavy atom. The summed E-state index contributed by atoms with van der Waals surface area (Å²) in [4.78, 5) is 23.8. The van der Waals surface area contributed by atoms with Crippen molar-refractivity contribution in [2.24, 2.45) is 5.41 Å². The number of benzene rings is 1. The maximum atomic E-state index is 12.4. The van der Waals surface area contributed by atoms with Crippen LogP contribution in [0.1, 0.15) is 42.5 Å². The van der Waals surface area contributed by atoms with Crippen molar-refractivity contribution in [1.82, 2.24) is 5.32 Å². The molecule has 2 amide bonds. The number of nitriles is 1. The maximum Gasteiger partial charge on any atom is 0.251 e. The third kappa shape index (κ3) is 3.22. The minimum absolute atomic E-state index is 0.173. The Morgan fingerprint density at radius 3 is 2.29 bits per heavy atom. The Kier molecular flexibility index (Phi) is 4.59. The summed E-state index contributed by atoms with van der Waals surface area (Å²) in [5.41, 5.74) is 0.230. The third-order valence-corrected chi connectivity index (χ3v) is 3.99. The molecule has 1 aliphatic carbocycles. The van der Waals surface area contributed by atoms with E-state index in [2.05, 4.69) is 16.7 Å². The Labute approximate surface area is 124 Å². The molecule has 0 radical (unpaired) electrons. The summed E-state index contributed by atoms with van der Waals surface area (Å²) in [6.07, 6.45) is 4.14. The lowest BCUT2D eigenvalue weighted by Crippen LogP contribution is -2.36. The van der Waals surface area contributed by atoms with E-state index in [0.717, 1.165) is 19.3 Å². The van der Waals surface area contributed by atoms with Crippen molar-refractivity contribution in [3.63, 3.8) is 0 Å². The van der Waals surface area contributed by atoms with Crippen LogP contribution in [0.15, 0.2) is 24.3 Å². The highest BCUT2D eigenvalue weighted by Crippen LogP contribution is 2.36. The highest BCUT2D eigenvalue weighted by atomic mass is 16.2. The molecule has 1 aromatic carbocycles. The normalized spacial score (nSPS) is 16.6. The van der Waals surface area contributed by atoms with E-state index in [1.54, 1.807) is 31.3 Å². The number of hydrogen-bond donors (Lipinski definition) is 2. The van der Waals surface area contributed by atoms with Crippen molar-refractivity contribution in [3.8, 4) is 6.07 Å². The molecule has 0 spiro atoms. The lowest BCUT2D eigenvalue weighted by atomic mass is 9.74. The lowest BCUT2D eigenvalue weighted by molar-refractivity contribution is -0.124. The van der Waals surface area contributed by atoms with Crippen LogP contribution in [0.2, 0.25) is 0 Å². The summed E-state index contributed by atoms with van der Waals surface area (Å²) in [5.74, 6) is -0.411. The van der Waals surface area contributed by atoms with E-state index in [1.807, 2.05) is 0 Å². The molecule has 0 bridgehead atoms. The van der Waals surface area contributed by atoms with Gasteiger partial charge < -0.3 is 10.6 Å². The maximum absolute atomic E-state index is 12.4. The van der Waals surface area contributed by atoms with Crippen molar-refractivity contribution in [3.05, 3.63) is 29.8 Å². The molecule has 2 rings (SSSR count). The fourth-order valence-corrected chi connectivity index (χ4v) is 2.64. The molecular weight excluding hydrogens is 266 g/mol. The number of amides is 2. The van der Waals surface area contributed by atoms with Crippen LogP contribution in [0.5, 0.6) is 0 Å². The second-order valence-electron chi connectivity index (χ2n) is 5.37. The molecule has 1 fully saturated rings. The van der Waals surface area contributed by atoms with Gasteiger partial charge >= 0.3 is 0 Å². The quantitative estimate of drug-likeness (QED) is 0.895. The van der Waals surface area contributed by atoms with Gasteiger partial charge in [-0.2, -0.15) is 5.26 Å². The van der Waals surface area contributed by atoms with Crippen LogP contribution in [0, 0.1) is 16.7 Å². The molecule has 0 saturated heterocycles. The highest BCUT2D eigenvalue weighted by Gasteiger charge is 2.39. The topological polar surface area (TPSA) is 82.0 Å². The van der Waals surface area contributed by atoms with Crippen LogP contribution in [0.3, 0.4) is 0 Å². The number of carbonyl (C=O) groups excluding carboxylic acids is 2. The van der Waals surface area contributed by atoms with Crippen molar-refractivity contribution < 1.29 is 9.59 Å². The first-order valence-corrected chi connectivity index (χ1v) is 7.16. The van der Waals surface area contributed by atoms with Gasteiger partial charge in [-0.05, 0) is 37.1 Å². The van der Waals surface area contributed by atoms with Crippen LogP contribution in [-0.4, -0.2) is 18.9 Å². The van der Waals surface area contributed by atoms with Crippen molar-refractivity contribution in [1.29, 1.82) is 5.26 Å². The van der Waals surface area contributed by atoms with Crippen LogP contribution in [0.25, 0.3) is 0 Å². The van der Waals surface area contributed by atoms with Gasteiger partial charge in [0.05, 0.1) is 6.07 Å². The molecular formula is C16H19N3O2. The number of nitrogens with one attached hydrogen (secondary N) is 2. The smallest absolute Gasteiger partial charge is 0.251 e. The average molecular weight is 285 g/mol. The summed E-state index contributed by atoms with van der Waals surface area (Å²) in [5, 5.41) is 14.7. The SMILES string of the molecule is CNC(=O)c1ccc(NC(=O)C2(C#N)CCCCC2)cc1. The van der Waals surface area contributed by atoms with Gasteiger partial charge in [-0.15, -0.1) is 0 Å². The van der Waals surface area contributed by atoms with Gasteiger partial charge in [0.15, 0.2) is 0 Å². The molecule has 1 aromatic rings. The van der Waals surface area contributed by atoms with Crippen molar-refractivity contribution in [2.45, 2.75) is 32.1 Å². The molecule has 0 heterocycles. The Morgan fingerprint density at radius 1 is 1.14 bits per heavy atom. The summed E-state index contributed by atoms with van der Waals surface area (Å²) in [6.45, 7) is 0. The molecule has 5 nitrogen and oxygen atoms in total. The van der Waals surface area contributed by atoms with Crippen LogP contribution in [0.4, 0.5) is 5.69 Å². The molecule has 0 aliphatic heterocycles. The van der Waals surface area contributed by atoms with Crippen molar-refractivity contribution >= 4 is 17.5 Å². The minimum Gasteiger partial charge on any atom is -0.355 e. The molecule has 0 atom stereocenters. The van der Waals surface area contributed by atoms with E-state index < -0.39 is 5.41 Å². The predicted octanol–water partition coefficient (Wildman–Crippen LogP) is 2.46. The number of nitrogens with zero attached hydrogens (tertiary/aromatic N) is 1. The number of hydrogen-bond acceptors (Lipinski definition) is 3. The molecule has 0 unspecified atom stereocenters. The lowest BCUT2D eigenvalue weighted by Gasteiger charge is -2.29. The zero-order valence-electron chi connectivity index (χ0n) is 12.1. The Balaban J connectivity index is 2.08. The minimum atomic E-state index is -0.905. The summed E-state index contributed by atoms with van der Waals surface area (Å²) in [7, 11) is 1.57. The predicted molar refractivity (Wildman–Crippen MR) is 79.6 cm³/mol. The number of anilines is 1. The van der Waals surface area contributed by atoms with Gasteiger partial charge in [0.2, 0.25) is 5.91 Å². The van der Waals surface area contributed by atoms with E-state index in [1.165, 1.54) is 0 Å². The summed E-state index contributed by atoms with van der Waals surface area (Å²) in [6, 6.07) is 8.85. The van der Waals surface area contributed by atoms with Gasteiger partial charge in [-0.1, -0.05) is 19.3 Å². The van der Waals surface area contributed by atoms with Gasteiger partial charge in [0.25, 0.3) is 5.91 Å². The molecule has 2 N–H and O–H groups in total. The van der Waals surface area contributed by atoms with Gasteiger partial charge in [-0.25, -0.2) is 0 Å². The van der Waals surface area contributed by atoms with Gasteiger partial charge in [0, 0.05) is 18.3 Å². The largest absolute Gasteiger partial charge is 0.355 e. The van der Waals surface area contributed by atoms with Gasteiger partial charge in [-0.3, -0.25) is 9.59 Å². The van der Waals surface area contributed by atoms with Crippen LogP contribution < -0.4 is 10.6 Å². The first-order valence-electron chi connectivity index (χ1n) is 7.16. The Hall–Kier alpha value is -2.35. The van der Waals surface area contributed by atoms with E-state index in [0.29, 0.717) is 24.1 Å². The van der Waals surface area contributed by atoms with E-state index in [-0.39, 0.29) is 11.8 Å². The zero-order chi connectivity index (χ0) is 15.3. The fourth-order valence-electron chi connectivity index (χ4n) is 2.64. The standard InChI is InChI=1S/C16H19N3O2/c1-18-14(20)12-5-7-13(8-6-12)19-15(21)16(11-17)9-3-2-4-10-16/h5-8H,2-4,9-10H2,1H3,(H,18,20)(H,19,21). The first-order chi connectivity index (χ1) is 10.1. The molecule has 1 saturated carbocycles. The summed E-state index contributed by atoms with van der Waals surface area (Å²) < 4.78 is 0.